The predicted molar refractivity (Wildman–Crippen MR) is 97.9 cm³/mol. The summed E-state index contributed by atoms with van der Waals surface area (Å²) in [6.07, 6.45) is 5.21. The average Bonchev–Trinajstić information content (AvgIpc) is 2.46. The minimum Gasteiger partial charge on any atom is -0.508 e. The standard InChI is InChI=1S/C16H25NO2.C4H10/c1-17(2)12-15(13-6-8-14(18)9-7-13)16(19)10-4-3-5-11-16;1-4(2)3/h6-9,15,18-19H,3-5,10-12H2,1-2H3;4H,1-3H3. The van der Waals surface area contributed by atoms with Crippen LogP contribution in [0.25, 0.3) is 0 Å². The van der Waals surface area contributed by atoms with Crippen LogP contribution < -0.4 is 0 Å². The lowest BCUT2D eigenvalue weighted by Gasteiger charge is -2.40. The maximum absolute atomic E-state index is 11.0. The summed E-state index contributed by atoms with van der Waals surface area (Å²) in [6, 6.07) is 7.31. The Hall–Kier alpha value is -1.06. The van der Waals surface area contributed by atoms with Crippen molar-refractivity contribution in [2.45, 2.75) is 64.4 Å². The molecule has 2 N–H and O–H groups in total. The summed E-state index contributed by atoms with van der Waals surface area (Å²) in [6.45, 7) is 7.33. The van der Waals surface area contributed by atoms with Crippen molar-refractivity contribution in [3.8, 4) is 5.75 Å². The monoisotopic (exact) mass is 321 g/mol. The molecule has 0 bridgehead atoms. The van der Waals surface area contributed by atoms with Crippen LogP contribution in [0.5, 0.6) is 5.75 Å². The van der Waals surface area contributed by atoms with Gasteiger partial charge in [0.2, 0.25) is 0 Å². The lowest BCUT2D eigenvalue weighted by atomic mass is 9.72. The van der Waals surface area contributed by atoms with Crippen LogP contribution in [-0.4, -0.2) is 41.4 Å². The van der Waals surface area contributed by atoms with Crippen LogP contribution in [0.1, 0.15) is 64.4 Å². The smallest absolute Gasteiger partial charge is 0.115 e. The van der Waals surface area contributed by atoms with E-state index in [0.29, 0.717) is 0 Å². The number of benzene rings is 1. The van der Waals surface area contributed by atoms with E-state index in [1.165, 1.54) is 6.42 Å². The van der Waals surface area contributed by atoms with Crippen molar-refractivity contribution in [3.05, 3.63) is 29.8 Å². The van der Waals surface area contributed by atoms with Gasteiger partial charge in [-0.15, -0.1) is 0 Å². The lowest BCUT2D eigenvalue weighted by molar-refractivity contribution is -0.0277. The number of phenols is 1. The molecule has 0 saturated heterocycles. The van der Waals surface area contributed by atoms with Crippen molar-refractivity contribution in [1.29, 1.82) is 0 Å². The fourth-order valence-corrected chi connectivity index (χ4v) is 3.17. The highest BCUT2D eigenvalue weighted by molar-refractivity contribution is 5.30. The van der Waals surface area contributed by atoms with Crippen LogP contribution in [0.15, 0.2) is 24.3 Å². The highest BCUT2D eigenvalue weighted by Gasteiger charge is 2.38. The average molecular weight is 322 g/mol. The molecule has 1 aromatic carbocycles. The molecule has 0 spiro atoms. The van der Waals surface area contributed by atoms with Crippen molar-refractivity contribution >= 4 is 0 Å². The van der Waals surface area contributed by atoms with Gasteiger partial charge in [-0.2, -0.15) is 0 Å². The molecule has 3 heteroatoms. The molecule has 0 amide bonds. The quantitative estimate of drug-likeness (QED) is 0.864. The van der Waals surface area contributed by atoms with Gasteiger partial charge in [0.05, 0.1) is 5.60 Å². The third-order valence-corrected chi connectivity index (χ3v) is 4.21. The van der Waals surface area contributed by atoms with E-state index in [0.717, 1.165) is 43.7 Å². The van der Waals surface area contributed by atoms with E-state index in [2.05, 4.69) is 25.7 Å². The molecule has 1 aromatic rings. The first-order chi connectivity index (χ1) is 10.7. The van der Waals surface area contributed by atoms with Gasteiger partial charge in [-0.25, -0.2) is 0 Å². The largest absolute Gasteiger partial charge is 0.508 e. The topological polar surface area (TPSA) is 43.7 Å². The Kier molecular flexibility index (Phi) is 8.07. The second-order valence-electron chi connectivity index (χ2n) is 7.80. The van der Waals surface area contributed by atoms with E-state index in [-0.39, 0.29) is 11.7 Å². The molecule has 1 atom stereocenters. The van der Waals surface area contributed by atoms with Crippen molar-refractivity contribution in [2.24, 2.45) is 5.92 Å². The molecule has 0 radical (unpaired) electrons. The van der Waals surface area contributed by atoms with E-state index in [1.54, 1.807) is 12.1 Å². The fourth-order valence-electron chi connectivity index (χ4n) is 3.17. The molecule has 1 fully saturated rings. The summed E-state index contributed by atoms with van der Waals surface area (Å²) in [5.41, 5.74) is 0.523. The number of rotatable bonds is 4. The normalized spacial score (nSPS) is 18.4. The molecule has 2 rings (SSSR count). The molecule has 1 unspecified atom stereocenters. The Bertz CT molecular complexity index is 431. The summed E-state index contributed by atoms with van der Waals surface area (Å²) in [5, 5.41) is 20.4. The second-order valence-corrected chi connectivity index (χ2v) is 7.80. The number of hydrogen-bond donors (Lipinski definition) is 2. The number of aromatic hydroxyl groups is 1. The summed E-state index contributed by atoms with van der Waals surface area (Å²) in [5.74, 6) is 1.23. The molecule has 1 aliphatic rings. The van der Waals surface area contributed by atoms with Crippen LogP contribution in [-0.2, 0) is 0 Å². The molecule has 3 nitrogen and oxygen atoms in total. The Morgan fingerprint density at radius 2 is 1.48 bits per heavy atom. The summed E-state index contributed by atoms with van der Waals surface area (Å²) >= 11 is 0. The Labute approximate surface area is 142 Å². The maximum atomic E-state index is 11.0. The van der Waals surface area contributed by atoms with Gasteiger partial charge in [0.25, 0.3) is 0 Å². The first kappa shape index (κ1) is 20.0. The molecule has 0 aromatic heterocycles. The lowest BCUT2D eigenvalue weighted by Crippen LogP contribution is -2.42. The fraction of sp³-hybridized carbons (Fsp3) is 0.700. The number of aliphatic hydroxyl groups is 1. The van der Waals surface area contributed by atoms with Crippen molar-refractivity contribution in [1.82, 2.24) is 4.90 Å². The molecule has 132 valence electrons. The highest BCUT2D eigenvalue weighted by Crippen LogP contribution is 2.40. The zero-order valence-corrected chi connectivity index (χ0v) is 15.5. The van der Waals surface area contributed by atoms with Gasteiger partial charge in [-0.3, -0.25) is 0 Å². The van der Waals surface area contributed by atoms with Gasteiger partial charge in [-0.1, -0.05) is 52.2 Å². The first-order valence-electron chi connectivity index (χ1n) is 8.90. The second kappa shape index (κ2) is 9.29. The molecule has 0 heterocycles. The van der Waals surface area contributed by atoms with E-state index in [1.807, 2.05) is 26.2 Å². The van der Waals surface area contributed by atoms with Gasteiger partial charge >= 0.3 is 0 Å². The van der Waals surface area contributed by atoms with Crippen LogP contribution in [0.3, 0.4) is 0 Å². The zero-order valence-electron chi connectivity index (χ0n) is 15.5. The van der Waals surface area contributed by atoms with E-state index in [4.69, 9.17) is 0 Å². The number of hydrogen-bond acceptors (Lipinski definition) is 3. The Morgan fingerprint density at radius 3 is 1.91 bits per heavy atom. The zero-order chi connectivity index (χ0) is 17.5. The molecule has 1 aliphatic carbocycles. The van der Waals surface area contributed by atoms with Gasteiger partial charge in [-0.05, 0) is 50.6 Å². The number of nitrogens with zero attached hydrogens (tertiary/aromatic N) is 1. The summed E-state index contributed by atoms with van der Waals surface area (Å²) in [7, 11) is 4.08. The molecular formula is C20H35NO2. The summed E-state index contributed by atoms with van der Waals surface area (Å²) in [4.78, 5) is 2.13. The van der Waals surface area contributed by atoms with Crippen LogP contribution in [0, 0.1) is 5.92 Å². The summed E-state index contributed by atoms with van der Waals surface area (Å²) < 4.78 is 0. The van der Waals surface area contributed by atoms with E-state index in [9.17, 15) is 10.2 Å². The van der Waals surface area contributed by atoms with Gasteiger partial charge in [0.1, 0.15) is 5.75 Å². The van der Waals surface area contributed by atoms with Crippen LogP contribution >= 0.6 is 0 Å². The first-order valence-corrected chi connectivity index (χ1v) is 8.90. The minimum absolute atomic E-state index is 0.114. The van der Waals surface area contributed by atoms with Crippen LogP contribution in [0.2, 0.25) is 0 Å². The third-order valence-electron chi connectivity index (χ3n) is 4.21. The van der Waals surface area contributed by atoms with Gasteiger partial charge in [0, 0.05) is 12.5 Å². The molecule has 1 saturated carbocycles. The Balaban J connectivity index is 0.000000593. The van der Waals surface area contributed by atoms with E-state index < -0.39 is 5.60 Å². The van der Waals surface area contributed by atoms with Gasteiger partial charge in [0.15, 0.2) is 0 Å². The highest BCUT2D eigenvalue weighted by atomic mass is 16.3. The van der Waals surface area contributed by atoms with Crippen molar-refractivity contribution < 1.29 is 10.2 Å². The third kappa shape index (κ3) is 6.92. The van der Waals surface area contributed by atoms with Crippen LogP contribution in [0.4, 0.5) is 0 Å². The van der Waals surface area contributed by atoms with E-state index >= 15 is 0 Å². The Morgan fingerprint density at radius 1 is 1.00 bits per heavy atom. The molecular weight excluding hydrogens is 286 g/mol. The SMILES string of the molecule is CC(C)C.CN(C)CC(c1ccc(O)cc1)C1(O)CCCCC1. The maximum Gasteiger partial charge on any atom is 0.115 e. The van der Waals surface area contributed by atoms with Gasteiger partial charge < -0.3 is 15.1 Å². The number of likely N-dealkylation sites (N-methyl/N-ethyl adjacent to an activating group) is 1. The number of phenolic OH excluding ortho intramolecular Hbond substituents is 1. The molecule has 0 aliphatic heterocycles. The van der Waals surface area contributed by atoms with Crippen molar-refractivity contribution in [3.63, 3.8) is 0 Å². The molecule has 23 heavy (non-hydrogen) atoms. The van der Waals surface area contributed by atoms with Crippen molar-refractivity contribution in [2.75, 3.05) is 20.6 Å². The predicted octanol–water partition coefficient (Wildman–Crippen LogP) is 4.39. The minimum atomic E-state index is -0.598.